The number of hydrogen-bond acceptors (Lipinski definition) is 4. The quantitative estimate of drug-likeness (QED) is 0.747. The van der Waals surface area contributed by atoms with Crippen molar-refractivity contribution < 1.29 is 9.59 Å². The van der Waals surface area contributed by atoms with Crippen LogP contribution in [0.15, 0.2) is 30.7 Å². The summed E-state index contributed by atoms with van der Waals surface area (Å²) < 4.78 is 0. The van der Waals surface area contributed by atoms with Gasteiger partial charge in [-0.3, -0.25) is 19.7 Å². The number of rotatable bonds is 6. The van der Waals surface area contributed by atoms with Gasteiger partial charge < -0.3 is 10.6 Å². The van der Waals surface area contributed by atoms with Crippen LogP contribution in [0.5, 0.6) is 0 Å². The Balaban J connectivity index is 1.54. The normalized spacial score (nSPS) is 19.6. The summed E-state index contributed by atoms with van der Waals surface area (Å²) in [7, 11) is 0. The highest BCUT2D eigenvalue weighted by Gasteiger charge is 2.28. The summed E-state index contributed by atoms with van der Waals surface area (Å²) in [4.78, 5) is 28.1. The van der Waals surface area contributed by atoms with Crippen molar-refractivity contribution in [3.63, 3.8) is 0 Å². The zero-order chi connectivity index (χ0) is 17.6. The fraction of sp³-hybridized carbons (Fsp3) is 0.444. The van der Waals surface area contributed by atoms with E-state index >= 15 is 0 Å². The first-order valence-electron chi connectivity index (χ1n) is 8.70. The number of carbonyl (C=O) groups excluding carboxylic acids is 2. The molecule has 25 heavy (non-hydrogen) atoms. The Morgan fingerprint density at radius 1 is 1.24 bits per heavy atom. The minimum atomic E-state index is -0.189. The third kappa shape index (κ3) is 4.23. The molecule has 7 nitrogen and oxygen atoms in total. The fourth-order valence-corrected chi connectivity index (χ4v) is 3.20. The van der Waals surface area contributed by atoms with Crippen molar-refractivity contribution >= 4 is 11.8 Å². The Bertz CT molecular complexity index is 712. The molecule has 2 unspecified atom stereocenters. The van der Waals surface area contributed by atoms with Crippen molar-refractivity contribution in [2.45, 2.75) is 38.6 Å². The Kier molecular flexibility index (Phi) is 5.42. The molecule has 2 amide bonds. The lowest BCUT2D eigenvalue weighted by Crippen LogP contribution is -2.41. The first-order valence-corrected chi connectivity index (χ1v) is 8.70. The predicted molar refractivity (Wildman–Crippen MR) is 93.7 cm³/mol. The minimum absolute atomic E-state index is 0.0692. The van der Waals surface area contributed by atoms with Gasteiger partial charge in [0.2, 0.25) is 5.91 Å². The lowest BCUT2D eigenvalue weighted by Gasteiger charge is -2.21. The fourth-order valence-electron chi connectivity index (χ4n) is 3.20. The highest BCUT2D eigenvalue weighted by atomic mass is 16.2. The van der Waals surface area contributed by atoms with E-state index in [1.807, 2.05) is 13.0 Å². The lowest BCUT2D eigenvalue weighted by atomic mass is 10.0. The second-order valence-corrected chi connectivity index (χ2v) is 6.35. The zero-order valence-electron chi connectivity index (χ0n) is 14.3. The Morgan fingerprint density at radius 2 is 2.12 bits per heavy atom. The van der Waals surface area contributed by atoms with Crippen LogP contribution >= 0.6 is 0 Å². The topological polar surface area (TPSA) is 99.8 Å². The van der Waals surface area contributed by atoms with Gasteiger partial charge in [0, 0.05) is 42.5 Å². The molecule has 3 N–H and O–H groups in total. The number of carbonyl (C=O) groups is 2. The van der Waals surface area contributed by atoms with E-state index < -0.39 is 0 Å². The molecule has 1 saturated carbocycles. The first kappa shape index (κ1) is 17.1. The number of nitrogens with zero attached hydrogens (tertiary/aromatic N) is 2. The van der Waals surface area contributed by atoms with E-state index in [2.05, 4.69) is 25.8 Å². The molecule has 0 saturated heterocycles. The van der Waals surface area contributed by atoms with E-state index in [1.54, 1.807) is 24.7 Å². The number of H-pyrrole nitrogens is 1. The highest BCUT2D eigenvalue weighted by Crippen LogP contribution is 2.25. The van der Waals surface area contributed by atoms with Gasteiger partial charge in [-0.05, 0) is 24.8 Å². The minimum Gasteiger partial charge on any atom is -0.353 e. The molecule has 1 aliphatic carbocycles. The van der Waals surface area contributed by atoms with Gasteiger partial charge in [-0.2, -0.15) is 5.10 Å². The number of aromatic amines is 1. The standard InChI is InChI=1S/C18H23N5O2/c1-2-17(24)23-15-5-3-4-13(15)9-20-18(25)16-7-6-12(8-19-16)14-10-21-22-11-14/h6-8,10-11,13,15H,2-5,9H2,1H3,(H,20,25)(H,21,22)(H,23,24). The maximum absolute atomic E-state index is 12.3. The molecule has 3 rings (SSSR count). The van der Waals surface area contributed by atoms with Gasteiger partial charge in [-0.25, -0.2) is 0 Å². The van der Waals surface area contributed by atoms with E-state index in [1.165, 1.54) is 0 Å². The number of amides is 2. The molecule has 7 heteroatoms. The van der Waals surface area contributed by atoms with E-state index in [0.29, 0.717) is 18.7 Å². The van der Waals surface area contributed by atoms with Gasteiger partial charge in [-0.15, -0.1) is 0 Å². The molecule has 2 aromatic heterocycles. The van der Waals surface area contributed by atoms with Crippen LogP contribution in [0.2, 0.25) is 0 Å². The maximum atomic E-state index is 12.3. The van der Waals surface area contributed by atoms with Gasteiger partial charge in [0.05, 0.1) is 6.20 Å². The molecular formula is C18H23N5O2. The van der Waals surface area contributed by atoms with E-state index in [-0.39, 0.29) is 23.8 Å². The lowest BCUT2D eigenvalue weighted by molar-refractivity contribution is -0.121. The second kappa shape index (κ2) is 7.92. The Morgan fingerprint density at radius 3 is 2.80 bits per heavy atom. The molecule has 0 spiro atoms. The summed E-state index contributed by atoms with van der Waals surface area (Å²) in [6.45, 7) is 2.40. The second-order valence-electron chi connectivity index (χ2n) is 6.35. The molecule has 2 atom stereocenters. The van der Waals surface area contributed by atoms with Gasteiger partial charge >= 0.3 is 0 Å². The largest absolute Gasteiger partial charge is 0.353 e. The van der Waals surface area contributed by atoms with Crippen LogP contribution in [-0.2, 0) is 4.79 Å². The molecule has 0 radical (unpaired) electrons. The van der Waals surface area contributed by atoms with Gasteiger partial charge in [0.15, 0.2) is 0 Å². The average molecular weight is 341 g/mol. The van der Waals surface area contributed by atoms with E-state index in [4.69, 9.17) is 0 Å². The molecule has 0 aromatic carbocycles. The van der Waals surface area contributed by atoms with Crippen molar-refractivity contribution in [2.24, 2.45) is 5.92 Å². The third-order valence-electron chi connectivity index (χ3n) is 4.68. The predicted octanol–water partition coefficient (Wildman–Crippen LogP) is 1.90. The van der Waals surface area contributed by atoms with Crippen LogP contribution < -0.4 is 10.6 Å². The SMILES string of the molecule is CCC(=O)NC1CCCC1CNC(=O)c1ccc(-c2cn[nH]c2)cn1. The van der Waals surface area contributed by atoms with Crippen LogP contribution in [0.4, 0.5) is 0 Å². The molecule has 0 aliphatic heterocycles. The summed E-state index contributed by atoms with van der Waals surface area (Å²) in [5.74, 6) is 0.163. The number of aromatic nitrogens is 3. The number of nitrogens with one attached hydrogen (secondary N) is 3. The Labute approximate surface area is 146 Å². The number of pyridine rings is 1. The monoisotopic (exact) mass is 341 g/mol. The van der Waals surface area contributed by atoms with Gasteiger partial charge in [0.1, 0.15) is 5.69 Å². The van der Waals surface area contributed by atoms with Crippen LogP contribution in [0, 0.1) is 5.92 Å². The molecule has 0 bridgehead atoms. The summed E-state index contributed by atoms with van der Waals surface area (Å²) >= 11 is 0. The van der Waals surface area contributed by atoms with Crippen molar-refractivity contribution in [2.75, 3.05) is 6.54 Å². The molecule has 1 aliphatic rings. The van der Waals surface area contributed by atoms with Crippen LogP contribution in [0.25, 0.3) is 11.1 Å². The molecular weight excluding hydrogens is 318 g/mol. The van der Waals surface area contributed by atoms with Crippen molar-refractivity contribution in [3.05, 3.63) is 36.4 Å². The molecule has 2 heterocycles. The van der Waals surface area contributed by atoms with Crippen molar-refractivity contribution in [1.82, 2.24) is 25.8 Å². The molecule has 132 valence electrons. The van der Waals surface area contributed by atoms with Crippen molar-refractivity contribution in [3.8, 4) is 11.1 Å². The summed E-state index contributed by atoms with van der Waals surface area (Å²) in [5, 5.41) is 12.6. The van der Waals surface area contributed by atoms with E-state index in [0.717, 1.165) is 30.4 Å². The van der Waals surface area contributed by atoms with Crippen LogP contribution in [-0.4, -0.2) is 39.6 Å². The number of hydrogen-bond donors (Lipinski definition) is 3. The smallest absolute Gasteiger partial charge is 0.269 e. The maximum Gasteiger partial charge on any atom is 0.269 e. The Hall–Kier alpha value is -2.70. The van der Waals surface area contributed by atoms with Crippen molar-refractivity contribution in [1.29, 1.82) is 0 Å². The van der Waals surface area contributed by atoms with E-state index in [9.17, 15) is 9.59 Å². The van der Waals surface area contributed by atoms with Gasteiger partial charge in [-0.1, -0.05) is 19.4 Å². The zero-order valence-corrected chi connectivity index (χ0v) is 14.3. The molecule has 1 fully saturated rings. The summed E-state index contributed by atoms with van der Waals surface area (Å²) in [6, 6.07) is 3.72. The first-order chi connectivity index (χ1) is 12.2. The average Bonchev–Trinajstić information content (AvgIpc) is 3.32. The highest BCUT2D eigenvalue weighted by molar-refractivity contribution is 5.92. The molecule has 2 aromatic rings. The summed E-state index contributed by atoms with van der Waals surface area (Å²) in [6.07, 6.45) is 8.71. The third-order valence-corrected chi connectivity index (χ3v) is 4.68. The summed E-state index contributed by atoms with van der Waals surface area (Å²) in [5.41, 5.74) is 2.22. The van der Waals surface area contributed by atoms with Crippen LogP contribution in [0.1, 0.15) is 43.1 Å². The van der Waals surface area contributed by atoms with Crippen LogP contribution in [0.3, 0.4) is 0 Å². The van der Waals surface area contributed by atoms with Gasteiger partial charge in [0.25, 0.3) is 5.91 Å².